The lowest BCUT2D eigenvalue weighted by atomic mass is 9.93. The highest BCUT2D eigenvalue weighted by atomic mass is 32.1. The second-order valence-electron chi connectivity index (χ2n) is 11.0. The number of nitrogens with zero attached hydrogens (tertiary/aromatic N) is 3. The molecule has 0 unspecified atom stereocenters. The predicted molar refractivity (Wildman–Crippen MR) is 168 cm³/mol. The van der Waals surface area contributed by atoms with Crippen molar-refractivity contribution in [1.82, 2.24) is 9.13 Å². The van der Waals surface area contributed by atoms with E-state index in [2.05, 4.69) is 18.4 Å². The normalized spacial score (nSPS) is 15.2. The maximum atomic E-state index is 14.1. The average Bonchev–Trinajstić information content (AvgIpc) is 3.49. The molecule has 0 aliphatic carbocycles. The Balaban J connectivity index is 1.50. The molecule has 6 nitrogen and oxygen atoms in total. The lowest BCUT2D eigenvalue weighted by molar-refractivity contribution is -0.139. The Morgan fingerprint density at radius 3 is 2.49 bits per heavy atom. The topological polar surface area (TPSA) is 65.6 Å². The summed E-state index contributed by atoms with van der Waals surface area (Å²) < 4.78 is 23.2. The molecule has 0 saturated carbocycles. The van der Waals surface area contributed by atoms with Crippen LogP contribution in [0.4, 0.5) is 4.39 Å². The fourth-order valence-electron chi connectivity index (χ4n) is 5.62. The maximum Gasteiger partial charge on any atom is 0.338 e. The third-order valence-electron chi connectivity index (χ3n) is 7.81. The van der Waals surface area contributed by atoms with Gasteiger partial charge >= 0.3 is 5.97 Å². The van der Waals surface area contributed by atoms with Crippen molar-refractivity contribution >= 4 is 34.3 Å². The molecule has 0 saturated heterocycles. The van der Waals surface area contributed by atoms with Crippen LogP contribution in [0.3, 0.4) is 0 Å². The number of fused-ring (bicyclic) bond motifs is 2. The van der Waals surface area contributed by atoms with E-state index in [0.29, 0.717) is 33.1 Å². The van der Waals surface area contributed by atoms with Crippen LogP contribution in [0.2, 0.25) is 0 Å². The minimum absolute atomic E-state index is 0.216. The Labute approximate surface area is 252 Å². The molecule has 1 aliphatic rings. The molecule has 0 spiro atoms. The van der Waals surface area contributed by atoms with E-state index in [9.17, 15) is 14.0 Å². The van der Waals surface area contributed by atoms with E-state index in [1.54, 1.807) is 30.5 Å². The molecule has 1 atom stereocenters. The minimum Gasteiger partial charge on any atom is -0.463 e. The Hall–Kier alpha value is -4.56. The average molecular weight is 594 g/mol. The number of carbonyl (C=O) groups excluding carboxylic acids is 1. The van der Waals surface area contributed by atoms with Crippen LogP contribution in [0.15, 0.2) is 100 Å². The minimum atomic E-state index is -0.654. The first-order valence-electron chi connectivity index (χ1n) is 14.4. The summed E-state index contributed by atoms with van der Waals surface area (Å²) in [7, 11) is 0. The highest BCUT2D eigenvalue weighted by Gasteiger charge is 2.33. The maximum absolute atomic E-state index is 14.1. The largest absolute Gasteiger partial charge is 0.463 e. The van der Waals surface area contributed by atoms with Gasteiger partial charge in [-0.3, -0.25) is 9.36 Å². The second-order valence-corrected chi connectivity index (χ2v) is 12.0. The standard InChI is InChI=1S/C35H32FN3O3S/c1-5-42-34(41)31-22(4)37-35-39(32(31)25-14-12-24(13-15-25)21(2)3)33(40)30(43-35)18-26-20-38(29-9-7-6-8-28(26)29)19-23-10-16-27(36)17-11-23/h6-18,20-21,32H,5,19H2,1-4H3/b30-18+/t32-/m0/s1. The van der Waals surface area contributed by atoms with Gasteiger partial charge in [0, 0.05) is 29.2 Å². The third-order valence-corrected chi connectivity index (χ3v) is 8.79. The van der Waals surface area contributed by atoms with Gasteiger partial charge in [0.25, 0.3) is 5.56 Å². The number of hydrogen-bond acceptors (Lipinski definition) is 5. The molecule has 5 aromatic rings. The molecule has 43 heavy (non-hydrogen) atoms. The molecule has 6 rings (SSSR count). The zero-order valence-corrected chi connectivity index (χ0v) is 25.3. The zero-order chi connectivity index (χ0) is 30.2. The summed E-state index contributed by atoms with van der Waals surface area (Å²) in [5.41, 5.74) is 5.56. The Morgan fingerprint density at radius 2 is 1.79 bits per heavy atom. The van der Waals surface area contributed by atoms with Crippen LogP contribution in [-0.4, -0.2) is 21.7 Å². The van der Waals surface area contributed by atoms with Gasteiger partial charge in [-0.1, -0.05) is 79.8 Å². The van der Waals surface area contributed by atoms with Crippen LogP contribution >= 0.6 is 11.3 Å². The molecule has 0 fully saturated rings. The third kappa shape index (κ3) is 5.39. The highest BCUT2D eigenvalue weighted by molar-refractivity contribution is 7.07. The van der Waals surface area contributed by atoms with Crippen molar-refractivity contribution in [3.05, 3.63) is 138 Å². The molecule has 8 heteroatoms. The van der Waals surface area contributed by atoms with Crippen molar-refractivity contribution in [1.29, 1.82) is 0 Å². The summed E-state index contributed by atoms with van der Waals surface area (Å²) in [5, 5.41) is 1.000. The Morgan fingerprint density at radius 1 is 1.07 bits per heavy atom. The van der Waals surface area contributed by atoms with Crippen molar-refractivity contribution < 1.29 is 13.9 Å². The van der Waals surface area contributed by atoms with E-state index in [4.69, 9.17) is 9.73 Å². The number of esters is 1. The number of thiazole rings is 1. The molecule has 1 aliphatic heterocycles. The summed E-state index contributed by atoms with van der Waals surface area (Å²) in [6.07, 6.45) is 3.92. The van der Waals surface area contributed by atoms with Gasteiger partial charge in [-0.2, -0.15) is 0 Å². The number of para-hydroxylation sites is 1. The van der Waals surface area contributed by atoms with Crippen LogP contribution in [0.25, 0.3) is 17.0 Å². The monoisotopic (exact) mass is 593 g/mol. The van der Waals surface area contributed by atoms with Gasteiger partial charge in [0.2, 0.25) is 0 Å². The number of allylic oxidation sites excluding steroid dienone is 1. The van der Waals surface area contributed by atoms with Crippen LogP contribution in [0.1, 0.15) is 61.9 Å². The molecule has 0 bridgehead atoms. The first kappa shape index (κ1) is 28.6. The van der Waals surface area contributed by atoms with Gasteiger partial charge in [-0.05, 0) is 60.7 Å². The van der Waals surface area contributed by atoms with Gasteiger partial charge in [0.1, 0.15) is 5.82 Å². The lowest BCUT2D eigenvalue weighted by Gasteiger charge is -2.25. The van der Waals surface area contributed by atoms with Crippen molar-refractivity contribution in [3.8, 4) is 0 Å². The van der Waals surface area contributed by atoms with E-state index >= 15 is 0 Å². The molecule has 3 heterocycles. The van der Waals surface area contributed by atoms with Crippen molar-refractivity contribution in [2.75, 3.05) is 6.61 Å². The van der Waals surface area contributed by atoms with Crippen molar-refractivity contribution in [2.45, 2.75) is 46.2 Å². The van der Waals surface area contributed by atoms with Crippen LogP contribution in [0.5, 0.6) is 0 Å². The number of benzene rings is 3. The van der Waals surface area contributed by atoms with Crippen LogP contribution in [-0.2, 0) is 16.1 Å². The number of carbonyl (C=O) groups is 1. The number of hydrogen-bond donors (Lipinski definition) is 0. The molecule has 0 radical (unpaired) electrons. The molecule has 0 N–H and O–H groups in total. The van der Waals surface area contributed by atoms with E-state index < -0.39 is 12.0 Å². The predicted octanol–water partition coefficient (Wildman–Crippen LogP) is 6.06. The molecular formula is C35H32FN3O3S. The lowest BCUT2D eigenvalue weighted by Crippen LogP contribution is -2.39. The number of halogens is 1. The van der Waals surface area contributed by atoms with Gasteiger partial charge in [0.15, 0.2) is 4.80 Å². The SMILES string of the molecule is CCOC(=O)C1=C(C)N=c2s/c(=C/c3cn(Cc4ccc(F)cc4)c4ccccc34)c(=O)n2[C@H]1c1ccc(C(C)C)cc1. The number of aromatic nitrogens is 2. The molecular weight excluding hydrogens is 561 g/mol. The molecule has 0 amide bonds. The van der Waals surface area contributed by atoms with Crippen molar-refractivity contribution in [2.24, 2.45) is 4.99 Å². The van der Waals surface area contributed by atoms with Gasteiger partial charge in [0.05, 0.1) is 28.5 Å². The number of rotatable bonds is 7. The van der Waals surface area contributed by atoms with Gasteiger partial charge < -0.3 is 9.30 Å². The second kappa shape index (κ2) is 11.6. The van der Waals surface area contributed by atoms with Crippen molar-refractivity contribution in [3.63, 3.8) is 0 Å². The first-order chi connectivity index (χ1) is 20.7. The smallest absolute Gasteiger partial charge is 0.338 e. The number of ether oxygens (including phenoxy) is 1. The Kier molecular flexibility index (Phi) is 7.71. The Bertz CT molecular complexity index is 2050. The summed E-state index contributed by atoms with van der Waals surface area (Å²) >= 11 is 1.31. The van der Waals surface area contributed by atoms with E-state index in [-0.39, 0.29) is 18.0 Å². The summed E-state index contributed by atoms with van der Waals surface area (Å²) in [6.45, 7) is 8.60. The first-order valence-corrected chi connectivity index (χ1v) is 15.2. The van der Waals surface area contributed by atoms with Crippen LogP contribution in [0, 0.1) is 5.82 Å². The molecule has 218 valence electrons. The van der Waals surface area contributed by atoms with E-state index in [1.807, 2.05) is 60.8 Å². The van der Waals surface area contributed by atoms with Crippen LogP contribution < -0.4 is 14.9 Å². The highest BCUT2D eigenvalue weighted by Crippen LogP contribution is 2.32. The van der Waals surface area contributed by atoms with E-state index in [0.717, 1.165) is 27.6 Å². The quantitative estimate of drug-likeness (QED) is 0.216. The summed E-state index contributed by atoms with van der Waals surface area (Å²) in [4.78, 5) is 32.6. The molecule has 3 aromatic carbocycles. The van der Waals surface area contributed by atoms with Gasteiger partial charge in [-0.25, -0.2) is 14.2 Å². The van der Waals surface area contributed by atoms with Gasteiger partial charge in [-0.15, -0.1) is 0 Å². The molecule has 2 aromatic heterocycles. The fraction of sp³-hybridized carbons (Fsp3) is 0.229. The summed E-state index contributed by atoms with van der Waals surface area (Å²) in [6, 6.07) is 21.9. The summed E-state index contributed by atoms with van der Waals surface area (Å²) in [5.74, 6) is -0.393. The van der Waals surface area contributed by atoms with E-state index in [1.165, 1.54) is 29.0 Å². The fourth-order valence-corrected chi connectivity index (χ4v) is 6.66. The zero-order valence-electron chi connectivity index (χ0n) is 24.5.